The van der Waals surface area contributed by atoms with Gasteiger partial charge < -0.3 is 9.47 Å². The van der Waals surface area contributed by atoms with Gasteiger partial charge in [0.05, 0.1) is 18.8 Å². The average Bonchev–Trinajstić information content (AvgIpc) is 3.17. The van der Waals surface area contributed by atoms with Crippen molar-refractivity contribution < 1.29 is 4.79 Å². The Morgan fingerprint density at radius 3 is 2.82 bits per heavy atom. The Balaban J connectivity index is 1.62. The van der Waals surface area contributed by atoms with E-state index in [1.807, 2.05) is 22.7 Å². The molecule has 1 unspecified atom stereocenters. The molecule has 118 valence electrons. The Hall–Kier alpha value is -2.22. The molecule has 0 saturated carbocycles. The van der Waals surface area contributed by atoms with Crippen LogP contribution >= 0.6 is 0 Å². The number of hydrogen-bond donors (Lipinski definition) is 0. The van der Waals surface area contributed by atoms with E-state index in [0.29, 0.717) is 19.5 Å². The number of hydrogen-bond acceptors (Lipinski definition) is 5. The first-order valence-corrected chi connectivity index (χ1v) is 7.44. The molecule has 22 heavy (non-hydrogen) atoms. The molecule has 8 heteroatoms. The molecule has 1 aliphatic rings. The summed E-state index contributed by atoms with van der Waals surface area (Å²) in [5, 5.41) is 7.64. The Bertz CT molecular complexity index is 621. The second-order valence-corrected chi connectivity index (χ2v) is 5.65. The molecular formula is C14H21N7O. The minimum Gasteiger partial charge on any atom is -0.339 e. The number of imidazole rings is 1. The highest BCUT2D eigenvalue weighted by molar-refractivity contribution is 5.76. The molecule has 1 fully saturated rings. The number of nitrogens with zero attached hydrogens (tertiary/aromatic N) is 7. The van der Waals surface area contributed by atoms with Crippen molar-refractivity contribution in [3.8, 4) is 0 Å². The van der Waals surface area contributed by atoms with Crippen molar-refractivity contribution in [1.82, 2.24) is 34.3 Å². The highest BCUT2D eigenvalue weighted by Crippen LogP contribution is 2.22. The zero-order valence-corrected chi connectivity index (χ0v) is 13.0. The minimum absolute atomic E-state index is 0.143. The summed E-state index contributed by atoms with van der Waals surface area (Å²) in [7, 11) is 4.07. The predicted octanol–water partition coefficient (Wildman–Crippen LogP) is -0.0830. The van der Waals surface area contributed by atoms with E-state index >= 15 is 0 Å². The number of carbonyl (C=O) groups excluding carboxylic acids is 1. The van der Waals surface area contributed by atoms with Crippen LogP contribution in [-0.2, 0) is 18.4 Å². The lowest BCUT2D eigenvalue weighted by Gasteiger charge is -2.39. The number of rotatable bonds is 4. The largest absolute Gasteiger partial charge is 0.339 e. The van der Waals surface area contributed by atoms with E-state index < -0.39 is 0 Å². The number of aromatic nitrogens is 5. The number of carbonyl (C=O) groups is 1. The average molecular weight is 303 g/mol. The third-order valence-corrected chi connectivity index (χ3v) is 4.18. The number of piperazine rings is 1. The Labute approximate surface area is 129 Å². The van der Waals surface area contributed by atoms with E-state index in [0.717, 1.165) is 18.9 Å². The summed E-state index contributed by atoms with van der Waals surface area (Å²) in [5.41, 5.74) is 0. The molecule has 1 aliphatic heterocycles. The lowest BCUT2D eigenvalue weighted by molar-refractivity contribution is -0.134. The fourth-order valence-corrected chi connectivity index (χ4v) is 2.80. The third kappa shape index (κ3) is 3.01. The van der Waals surface area contributed by atoms with Crippen LogP contribution in [0.1, 0.15) is 18.3 Å². The van der Waals surface area contributed by atoms with Crippen LogP contribution in [0.5, 0.6) is 0 Å². The maximum absolute atomic E-state index is 12.4. The summed E-state index contributed by atoms with van der Waals surface area (Å²) < 4.78 is 3.70. The van der Waals surface area contributed by atoms with Gasteiger partial charge in [-0.05, 0) is 7.05 Å². The molecule has 1 amide bonds. The van der Waals surface area contributed by atoms with E-state index in [-0.39, 0.29) is 11.9 Å². The fourth-order valence-electron chi connectivity index (χ4n) is 2.80. The summed E-state index contributed by atoms with van der Waals surface area (Å²) in [6.07, 6.45) is 7.58. The molecule has 1 atom stereocenters. The molecule has 1 saturated heterocycles. The fraction of sp³-hybridized carbons (Fsp3) is 0.571. The van der Waals surface area contributed by atoms with Crippen molar-refractivity contribution in [1.29, 1.82) is 0 Å². The second-order valence-electron chi connectivity index (χ2n) is 5.65. The number of aryl methyl sites for hydroxylation is 2. The third-order valence-electron chi connectivity index (χ3n) is 4.18. The molecular weight excluding hydrogens is 282 g/mol. The molecule has 3 rings (SSSR count). The highest BCUT2D eigenvalue weighted by Gasteiger charge is 2.30. The van der Waals surface area contributed by atoms with E-state index in [4.69, 9.17) is 0 Å². The summed E-state index contributed by atoms with van der Waals surface area (Å²) in [5.74, 6) is 1.15. The molecule has 0 radical (unpaired) electrons. The standard InChI is InChI=1S/C14H21N7O/c1-18-9-10-20(11-12(18)14-15-4-7-19(14)2)13(22)3-6-21-8-5-16-17-21/h4-5,7-8,12H,3,6,9-11H2,1-2H3. The monoisotopic (exact) mass is 303 g/mol. The normalized spacial score (nSPS) is 19.5. The van der Waals surface area contributed by atoms with Gasteiger partial charge in [-0.1, -0.05) is 5.21 Å². The van der Waals surface area contributed by atoms with Crippen molar-refractivity contribution in [2.45, 2.75) is 19.0 Å². The predicted molar refractivity (Wildman–Crippen MR) is 79.8 cm³/mol. The van der Waals surface area contributed by atoms with Gasteiger partial charge in [-0.3, -0.25) is 14.4 Å². The Morgan fingerprint density at radius 2 is 2.14 bits per heavy atom. The zero-order chi connectivity index (χ0) is 15.5. The van der Waals surface area contributed by atoms with E-state index in [2.05, 4.69) is 27.2 Å². The van der Waals surface area contributed by atoms with Gasteiger partial charge >= 0.3 is 0 Å². The van der Waals surface area contributed by atoms with Gasteiger partial charge in [-0.15, -0.1) is 5.10 Å². The smallest absolute Gasteiger partial charge is 0.224 e. The van der Waals surface area contributed by atoms with E-state index in [1.165, 1.54) is 0 Å². The van der Waals surface area contributed by atoms with E-state index in [1.54, 1.807) is 23.3 Å². The molecule has 3 heterocycles. The SMILES string of the molecule is CN1CCN(C(=O)CCn2ccnn2)CC1c1nccn1C. The van der Waals surface area contributed by atoms with Crippen LogP contribution in [0, 0.1) is 0 Å². The zero-order valence-electron chi connectivity index (χ0n) is 13.0. The summed E-state index contributed by atoms with van der Waals surface area (Å²) in [6, 6.07) is 0.143. The van der Waals surface area contributed by atoms with Crippen molar-refractivity contribution in [2.24, 2.45) is 7.05 Å². The quantitative estimate of drug-likeness (QED) is 0.790. The van der Waals surface area contributed by atoms with Crippen molar-refractivity contribution >= 4 is 5.91 Å². The molecule has 0 N–H and O–H groups in total. The van der Waals surface area contributed by atoms with Crippen LogP contribution < -0.4 is 0 Å². The second kappa shape index (κ2) is 6.27. The van der Waals surface area contributed by atoms with Gasteiger partial charge in [0.25, 0.3) is 0 Å². The van der Waals surface area contributed by atoms with Gasteiger partial charge in [-0.2, -0.15) is 0 Å². The van der Waals surface area contributed by atoms with Gasteiger partial charge in [0.15, 0.2) is 0 Å². The molecule has 2 aromatic heterocycles. The maximum atomic E-state index is 12.4. The first-order chi connectivity index (χ1) is 10.6. The minimum atomic E-state index is 0.143. The molecule has 0 spiro atoms. The van der Waals surface area contributed by atoms with Gasteiger partial charge in [0.2, 0.25) is 5.91 Å². The van der Waals surface area contributed by atoms with Gasteiger partial charge in [-0.25, -0.2) is 4.98 Å². The summed E-state index contributed by atoms with van der Waals surface area (Å²) in [4.78, 5) is 21.0. The van der Waals surface area contributed by atoms with Crippen molar-refractivity contribution in [3.05, 3.63) is 30.6 Å². The van der Waals surface area contributed by atoms with Crippen LogP contribution in [0.4, 0.5) is 0 Å². The lowest BCUT2D eigenvalue weighted by Crippen LogP contribution is -2.49. The van der Waals surface area contributed by atoms with Gasteiger partial charge in [0, 0.05) is 51.7 Å². The first-order valence-electron chi connectivity index (χ1n) is 7.44. The Kier molecular flexibility index (Phi) is 4.19. The maximum Gasteiger partial charge on any atom is 0.224 e. The number of likely N-dealkylation sites (N-methyl/N-ethyl adjacent to an activating group) is 1. The molecule has 0 bridgehead atoms. The van der Waals surface area contributed by atoms with Crippen LogP contribution in [0.2, 0.25) is 0 Å². The highest BCUT2D eigenvalue weighted by atomic mass is 16.2. The molecule has 8 nitrogen and oxygen atoms in total. The molecule has 0 aromatic carbocycles. The van der Waals surface area contributed by atoms with Crippen LogP contribution in [-0.4, -0.2) is 66.9 Å². The summed E-state index contributed by atoms with van der Waals surface area (Å²) >= 11 is 0. The van der Waals surface area contributed by atoms with Crippen molar-refractivity contribution in [3.63, 3.8) is 0 Å². The van der Waals surface area contributed by atoms with Crippen LogP contribution in [0.3, 0.4) is 0 Å². The topological polar surface area (TPSA) is 72.1 Å². The van der Waals surface area contributed by atoms with E-state index in [9.17, 15) is 4.79 Å². The van der Waals surface area contributed by atoms with Gasteiger partial charge in [0.1, 0.15) is 5.82 Å². The first kappa shape index (κ1) is 14.7. The number of amides is 1. The Morgan fingerprint density at radius 1 is 1.27 bits per heavy atom. The lowest BCUT2D eigenvalue weighted by atomic mass is 10.1. The van der Waals surface area contributed by atoms with Crippen LogP contribution in [0.15, 0.2) is 24.8 Å². The van der Waals surface area contributed by atoms with Crippen molar-refractivity contribution in [2.75, 3.05) is 26.7 Å². The molecule has 2 aromatic rings. The molecule has 0 aliphatic carbocycles. The summed E-state index contributed by atoms with van der Waals surface area (Å²) in [6.45, 7) is 2.86. The van der Waals surface area contributed by atoms with Crippen LogP contribution in [0.25, 0.3) is 0 Å².